The zero-order chi connectivity index (χ0) is 19.1. The van der Waals surface area contributed by atoms with E-state index >= 15 is 0 Å². The Morgan fingerprint density at radius 3 is 2.39 bits per heavy atom. The first-order chi connectivity index (χ1) is 13.7. The van der Waals surface area contributed by atoms with Crippen LogP contribution in [0.25, 0.3) is 5.69 Å². The predicted octanol–water partition coefficient (Wildman–Crippen LogP) is 1.86. The van der Waals surface area contributed by atoms with E-state index in [9.17, 15) is 4.79 Å². The van der Waals surface area contributed by atoms with Crippen molar-refractivity contribution in [2.24, 2.45) is 23.5 Å². The van der Waals surface area contributed by atoms with E-state index in [0.717, 1.165) is 62.4 Å². The van der Waals surface area contributed by atoms with Crippen LogP contribution in [0.3, 0.4) is 0 Å². The van der Waals surface area contributed by atoms with Crippen LogP contribution in [0.2, 0.25) is 0 Å². The molecule has 0 radical (unpaired) electrons. The smallest absolute Gasteiger partial charge is 0.354 e. The van der Waals surface area contributed by atoms with Crippen LogP contribution in [-0.2, 0) is 6.54 Å². The molecule has 28 heavy (non-hydrogen) atoms. The first-order valence-electron chi connectivity index (χ1n) is 10.6. The number of aromatic nitrogens is 2. The summed E-state index contributed by atoms with van der Waals surface area (Å²) in [5.41, 5.74) is 7.74. The van der Waals surface area contributed by atoms with Gasteiger partial charge in [0.25, 0.3) is 0 Å². The van der Waals surface area contributed by atoms with Gasteiger partial charge in [0.2, 0.25) is 0 Å². The lowest BCUT2D eigenvalue weighted by atomic mass is 9.97. The molecule has 6 heteroatoms. The summed E-state index contributed by atoms with van der Waals surface area (Å²) in [5, 5.41) is 0. The molecule has 2 aliphatic heterocycles. The van der Waals surface area contributed by atoms with Crippen molar-refractivity contribution >= 4 is 5.82 Å². The number of rotatable bonds is 5. The molecular formula is C22H29N5O. The Bertz CT molecular complexity index is 875. The van der Waals surface area contributed by atoms with Crippen molar-refractivity contribution < 1.29 is 0 Å². The average molecular weight is 380 g/mol. The second kappa shape index (κ2) is 7.33. The summed E-state index contributed by atoms with van der Waals surface area (Å²) >= 11 is 0. The van der Waals surface area contributed by atoms with Crippen molar-refractivity contribution in [3.05, 3.63) is 52.6 Å². The maximum Gasteiger partial charge on any atom is 0.354 e. The van der Waals surface area contributed by atoms with Gasteiger partial charge in [0.1, 0.15) is 5.82 Å². The van der Waals surface area contributed by atoms with Crippen molar-refractivity contribution in [2.45, 2.75) is 25.8 Å². The molecule has 1 aromatic carbocycles. The van der Waals surface area contributed by atoms with Gasteiger partial charge in [-0.3, -0.25) is 9.47 Å². The second-order valence-electron chi connectivity index (χ2n) is 8.72. The number of piperidine rings is 2. The molecule has 3 fully saturated rings. The molecule has 5 rings (SSSR count). The van der Waals surface area contributed by atoms with Crippen LogP contribution in [0, 0.1) is 17.8 Å². The normalized spacial score (nSPS) is 25.1. The summed E-state index contributed by atoms with van der Waals surface area (Å²) in [4.78, 5) is 21.7. The quantitative estimate of drug-likeness (QED) is 0.859. The van der Waals surface area contributed by atoms with Gasteiger partial charge in [-0.05, 0) is 67.3 Å². The molecule has 2 aromatic rings. The van der Waals surface area contributed by atoms with E-state index in [1.54, 1.807) is 4.57 Å². The second-order valence-corrected chi connectivity index (χ2v) is 8.72. The van der Waals surface area contributed by atoms with Crippen LogP contribution >= 0.6 is 0 Å². The molecule has 2 unspecified atom stereocenters. The van der Waals surface area contributed by atoms with Crippen LogP contribution in [-0.4, -0.2) is 47.2 Å². The highest BCUT2D eigenvalue weighted by atomic mass is 16.1. The third kappa shape index (κ3) is 3.59. The largest absolute Gasteiger partial charge is 0.356 e. The number of benzene rings is 1. The Kier molecular flexibility index (Phi) is 4.69. The van der Waals surface area contributed by atoms with E-state index in [1.807, 2.05) is 24.4 Å². The molecule has 1 aliphatic carbocycles. The van der Waals surface area contributed by atoms with Gasteiger partial charge in [-0.2, -0.15) is 4.98 Å². The van der Waals surface area contributed by atoms with Gasteiger partial charge in [0, 0.05) is 38.9 Å². The lowest BCUT2D eigenvalue weighted by Crippen LogP contribution is -2.37. The third-order valence-electron chi connectivity index (χ3n) is 6.74. The predicted molar refractivity (Wildman–Crippen MR) is 111 cm³/mol. The molecule has 2 atom stereocenters. The molecule has 0 spiro atoms. The lowest BCUT2D eigenvalue weighted by molar-refractivity contribution is 0.297. The van der Waals surface area contributed by atoms with Crippen molar-refractivity contribution in [3.8, 4) is 5.69 Å². The van der Waals surface area contributed by atoms with Crippen LogP contribution in [0.15, 0.2) is 41.3 Å². The van der Waals surface area contributed by atoms with Gasteiger partial charge >= 0.3 is 5.69 Å². The summed E-state index contributed by atoms with van der Waals surface area (Å²) in [6, 6.07) is 10.3. The standard InChI is InChI=1S/C22H29N5O/c23-12-16-5-8-26(9-6-16)21-7-10-27(22(28)24-21)20-3-1-17(2-4-20)13-25-14-18-11-19(18)15-25/h1-4,7,10,16,18-19H,5-6,8-9,11-15,23H2. The van der Waals surface area contributed by atoms with Gasteiger partial charge in [-0.15, -0.1) is 0 Å². The van der Waals surface area contributed by atoms with E-state index in [2.05, 4.69) is 26.9 Å². The molecule has 2 N–H and O–H groups in total. The zero-order valence-electron chi connectivity index (χ0n) is 16.3. The maximum absolute atomic E-state index is 12.6. The molecule has 148 valence electrons. The summed E-state index contributed by atoms with van der Waals surface area (Å²) in [5.74, 6) is 3.30. The van der Waals surface area contributed by atoms with E-state index < -0.39 is 0 Å². The highest BCUT2D eigenvalue weighted by molar-refractivity contribution is 5.40. The van der Waals surface area contributed by atoms with E-state index in [-0.39, 0.29) is 5.69 Å². The number of likely N-dealkylation sites (tertiary alicyclic amines) is 1. The number of nitrogens with two attached hydrogens (primary N) is 1. The van der Waals surface area contributed by atoms with Crippen molar-refractivity contribution in [1.82, 2.24) is 14.5 Å². The maximum atomic E-state index is 12.6. The van der Waals surface area contributed by atoms with Gasteiger partial charge < -0.3 is 10.6 Å². The van der Waals surface area contributed by atoms with Gasteiger partial charge in [-0.1, -0.05) is 12.1 Å². The number of nitrogens with zero attached hydrogens (tertiary/aromatic N) is 4. The fourth-order valence-corrected chi connectivity index (χ4v) is 4.81. The molecule has 2 saturated heterocycles. The number of fused-ring (bicyclic) bond motifs is 1. The Labute approximate surface area is 166 Å². The zero-order valence-corrected chi connectivity index (χ0v) is 16.3. The number of hydrogen-bond donors (Lipinski definition) is 1. The van der Waals surface area contributed by atoms with Crippen LogP contribution in [0.4, 0.5) is 5.82 Å². The number of anilines is 1. The highest BCUT2D eigenvalue weighted by Crippen LogP contribution is 2.45. The fourth-order valence-electron chi connectivity index (χ4n) is 4.81. The van der Waals surface area contributed by atoms with Gasteiger partial charge in [0.15, 0.2) is 0 Å². The van der Waals surface area contributed by atoms with E-state index in [1.165, 1.54) is 25.1 Å². The molecule has 1 saturated carbocycles. The molecule has 3 heterocycles. The molecule has 3 aliphatic rings. The van der Waals surface area contributed by atoms with Crippen molar-refractivity contribution in [1.29, 1.82) is 0 Å². The lowest BCUT2D eigenvalue weighted by Gasteiger charge is -2.32. The highest BCUT2D eigenvalue weighted by Gasteiger charge is 2.44. The first kappa shape index (κ1) is 17.9. The SMILES string of the molecule is NCC1CCN(c2ccn(-c3ccc(CN4CC5CC5C4)cc3)c(=O)n2)CC1. The molecule has 0 amide bonds. The van der Waals surface area contributed by atoms with Crippen LogP contribution in [0.5, 0.6) is 0 Å². The van der Waals surface area contributed by atoms with Crippen molar-refractivity contribution in [2.75, 3.05) is 37.6 Å². The summed E-state index contributed by atoms with van der Waals surface area (Å²) in [6.45, 7) is 6.10. The Hall–Kier alpha value is -2.18. The minimum Gasteiger partial charge on any atom is -0.356 e. The van der Waals surface area contributed by atoms with E-state index in [4.69, 9.17) is 5.73 Å². The minimum absolute atomic E-state index is 0.217. The summed E-state index contributed by atoms with van der Waals surface area (Å²) < 4.78 is 1.63. The van der Waals surface area contributed by atoms with Crippen LogP contribution in [0.1, 0.15) is 24.8 Å². The van der Waals surface area contributed by atoms with E-state index in [0.29, 0.717) is 5.92 Å². The first-order valence-corrected chi connectivity index (χ1v) is 10.6. The van der Waals surface area contributed by atoms with Gasteiger partial charge in [-0.25, -0.2) is 4.79 Å². The average Bonchev–Trinajstić information content (AvgIpc) is 3.34. The molecule has 6 nitrogen and oxygen atoms in total. The van der Waals surface area contributed by atoms with Crippen molar-refractivity contribution in [3.63, 3.8) is 0 Å². The molecular weight excluding hydrogens is 350 g/mol. The number of hydrogen-bond acceptors (Lipinski definition) is 5. The Morgan fingerprint density at radius 2 is 1.75 bits per heavy atom. The summed E-state index contributed by atoms with van der Waals surface area (Å²) in [7, 11) is 0. The topological polar surface area (TPSA) is 67.4 Å². The molecule has 1 aromatic heterocycles. The Morgan fingerprint density at radius 1 is 1.04 bits per heavy atom. The van der Waals surface area contributed by atoms with Gasteiger partial charge in [0.05, 0.1) is 5.69 Å². The monoisotopic (exact) mass is 379 g/mol. The Balaban J connectivity index is 1.26. The third-order valence-corrected chi connectivity index (χ3v) is 6.74. The fraction of sp³-hybridized carbons (Fsp3) is 0.545. The summed E-state index contributed by atoms with van der Waals surface area (Å²) in [6.07, 6.45) is 5.43. The van der Waals surface area contributed by atoms with Crippen LogP contribution < -0.4 is 16.3 Å². The minimum atomic E-state index is -0.217. The molecule has 0 bridgehead atoms.